The molecule has 26 heavy (non-hydrogen) atoms. The summed E-state index contributed by atoms with van der Waals surface area (Å²) in [6, 6.07) is 22.2. The molecule has 0 fully saturated rings. The van der Waals surface area contributed by atoms with Crippen LogP contribution in [-0.2, 0) is 5.41 Å². The molecule has 0 unspecified atom stereocenters. The van der Waals surface area contributed by atoms with Crippen molar-refractivity contribution in [3.63, 3.8) is 0 Å². The Bertz CT molecular complexity index is 1370. The van der Waals surface area contributed by atoms with Gasteiger partial charge in [-0.15, -0.1) is 11.3 Å². The number of nitrogens with zero attached hydrogens (tertiary/aromatic N) is 1. The number of hydrogen-bond acceptors (Lipinski definition) is 1. The quantitative estimate of drug-likeness (QED) is 0.247. The number of aromatic nitrogens is 1. The van der Waals surface area contributed by atoms with Crippen LogP contribution < -0.4 is 0 Å². The van der Waals surface area contributed by atoms with Gasteiger partial charge in [0.1, 0.15) is 0 Å². The van der Waals surface area contributed by atoms with Gasteiger partial charge in [0.25, 0.3) is 0 Å². The molecule has 3 aromatic carbocycles. The SMILES string of the molecule is CC1(C)c2sc3ccccc3c2-n2c3ccc(Br)cc3c3cccc1c32. The van der Waals surface area contributed by atoms with E-state index in [1.54, 1.807) is 0 Å². The average Bonchev–Trinajstić information content (AvgIpc) is 3.17. The summed E-state index contributed by atoms with van der Waals surface area (Å²) >= 11 is 5.60. The molecule has 2 aromatic heterocycles. The first-order valence-corrected chi connectivity index (χ1v) is 10.4. The maximum Gasteiger partial charge on any atom is 0.0689 e. The van der Waals surface area contributed by atoms with E-state index in [1.165, 1.54) is 48.0 Å². The maximum absolute atomic E-state index is 3.66. The van der Waals surface area contributed by atoms with Crippen molar-refractivity contribution in [1.29, 1.82) is 0 Å². The van der Waals surface area contributed by atoms with E-state index in [4.69, 9.17) is 0 Å². The van der Waals surface area contributed by atoms with Crippen LogP contribution in [0.5, 0.6) is 0 Å². The molecule has 126 valence electrons. The Labute approximate surface area is 164 Å². The lowest BCUT2D eigenvalue weighted by Crippen LogP contribution is -2.24. The molecule has 5 aromatic rings. The molecular formula is C23H16BrNS. The van der Waals surface area contributed by atoms with Crippen LogP contribution in [0.1, 0.15) is 24.3 Å². The number of fused-ring (bicyclic) bond motifs is 7. The van der Waals surface area contributed by atoms with Crippen molar-refractivity contribution in [3.05, 3.63) is 75.6 Å². The molecule has 0 atom stereocenters. The summed E-state index contributed by atoms with van der Waals surface area (Å²) in [5.74, 6) is 0. The number of para-hydroxylation sites is 1. The molecule has 0 radical (unpaired) electrons. The minimum absolute atomic E-state index is 0.000137. The van der Waals surface area contributed by atoms with Crippen LogP contribution in [-0.4, -0.2) is 4.57 Å². The number of thiophene rings is 1. The van der Waals surface area contributed by atoms with E-state index in [-0.39, 0.29) is 5.41 Å². The largest absolute Gasteiger partial charge is 0.307 e. The van der Waals surface area contributed by atoms with Crippen molar-refractivity contribution in [1.82, 2.24) is 4.57 Å². The van der Waals surface area contributed by atoms with Crippen LogP contribution in [0.4, 0.5) is 0 Å². The van der Waals surface area contributed by atoms with E-state index in [0.717, 1.165) is 4.47 Å². The molecule has 0 saturated heterocycles. The molecule has 0 saturated carbocycles. The van der Waals surface area contributed by atoms with Crippen LogP contribution in [0, 0.1) is 0 Å². The second kappa shape index (κ2) is 4.79. The van der Waals surface area contributed by atoms with Crippen LogP contribution in [0.2, 0.25) is 0 Å². The summed E-state index contributed by atoms with van der Waals surface area (Å²) in [4.78, 5) is 1.46. The van der Waals surface area contributed by atoms with Crippen molar-refractivity contribution in [2.45, 2.75) is 19.3 Å². The van der Waals surface area contributed by atoms with Gasteiger partial charge in [-0.05, 0) is 29.8 Å². The normalized spacial score (nSPS) is 15.0. The standard InChI is InChI=1S/C23H16BrNS/c1-23(2)17-8-5-7-14-16-12-13(24)10-11-18(16)25(20(14)17)21-15-6-3-4-9-19(15)26-22(21)23/h3-12H,1-2H3. The van der Waals surface area contributed by atoms with Gasteiger partial charge in [0.2, 0.25) is 0 Å². The fraction of sp³-hybridized carbons (Fsp3) is 0.130. The van der Waals surface area contributed by atoms with Gasteiger partial charge in [0.15, 0.2) is 0 Å². The lowest BCUT2D eigenvalue weighted by molar-refractivity contribution is 0.647. The second-order valence-electron chi connectivity index (χ2n) is 7.60. The fourth-order valence-electron chi connectivity index (χ4n) is 4.58. The van der Waals surface area contributed by atoms with Gasteiger partial charge in [-0.1, -0.05) is 66.2 Å². The van der Waals surface area contributed by atoms with Crippen LogP contribution in [0.15, 0.2) is 65.1 Å². The highest BCUT2D eigenvalue weighted by Gasteiger charge is 2.37. The van der Waals surface area contributed by atoms with Gasteiger partial charge < -0.3 is 4.57 Å². The van der Waals surface area contributed by atoms with Crippen molar-refractivity contribution in [2.24, 2.45) is 0 Å². The Kier molecular flexibility index (Phi) is 2.76. The Hall–Kier alpha value is -2.10. The van der Waals surface area contributed by atoms with E-state index in [2.05, 4.69) is 95.0 Å². The summed E-state index contributed by atoms with van der Waals surface area (Å²) < 4.78 is 5.00. The van der Waals surface area contributed by atoms with Crippen LogP contribution in [0.25, 0.3) is 37.6 Å². The number of halogens is 1. The van der Waals surface area contributed by atoms with E-state index in [9.17, 15) is 0 Å². The zero-order valence-electron chi connectivity index (χ0n) is 14.5. The van der Waals surface area contributed by atoms with Crippen LogP contribution >= 0.6 is 27.3 Å². The Balaban J connectivity index is 1.96. The average molecular weight is 418 g/mol. The Morgan fingerprint density at radius 1 is 0.885 bits per heavy atom. The first-order valence-electron chi connectivity index (χ1n) is 8.83. The molecule has 6 rings (SSSR count). The molecule has 0 amide bonds. The predicted octanol–water partition coefficient (Wildman–Crippen LogP) is 7.40. The minimum Gasteiger partial charge on any atom is -0.307 e. The van der Waals surface area contributed by atoms with E-state index in [1.807, 2.05) is 11.3 Å². The van der Waals surface area contributed by atoms with E-state index in [0.29, 0.717) is 0 Å². The second-order valence-corrected chi connectivity index (χ2v) is 9.57. The molecule has 1 aliphatic heterocycles. The third-order valence-corrected chi connectivity index (χ3v) is 7.76. The Morgan fingerprint density at radius 3 is 2.58 bits per heavy atom. The van der Waals surface area contributed by atoms with Gasteiger partial charge in [-0.25, -0.2) is 0 Å². The first kappa shape index (κ1) is 15.0. The number of hydrogen-bond donors (Lipinski definition) is 0. The predicted molar refractivity (Wildman–Crippen MR) is 116 cm³/mol. The molecule has 0 N–H and O–H groups in total. The molecule has 1 aliphatic rings. The topological polar surface area (TPSA) is 4.93 Å². The van der Waals surface area contributed by atoms with Gasteiger partial charge in [0.05, 0.1) is 16.7 Å². The number of rotatable bonds is 0. The van der Waals surface area contributed by atoms with Crippen molar-refractivity contribution in [3.8, 4) is 5.69 Å². The highest BCUT2D eigenvalue weighted by molar-refractivity contribution is 9.10. The molecule has 1 nitrogen and oxygen atoms in total. The summed E-state index contributed by atoms with van der Waals surface area (Å²) in [6.07, 6.45) is 0. The van der Waals surface area contributed by atoms with Gasteiger partial charge in [0, 0.05) is 35.6 Å². The van der Waals surface area contributed by atoms with E-state index < -0.39 is 0 Å². The number of benzene rings is 3. The highest BCUT2D eigenvalue weighted by Crippen LogP contribution is 2.52. The van der Waals surface area contributed by atoms with Gasteiger partial charge >= 0.3 is 0 Å². The molecule has 0 spiro atoms. The van der Waals surface area contributed by atoms with Gasteiger partial charge in [-0.2, -0.15) is 0 Å². The maximum atomic E-state index is 3.66. The van der Waals surface area contributed by atoms with Gasteiger partial charge in [-0.3, -0.25) is 0 Å². The summed E-state index contributed by atoms with van der Waals surface area (Å²) in [7, 11) is 0. The first-order chi connectivity index (χ1) is 12.6. The van der Waals surface area contributed by atoms with E-state index >= 15 is 0 Å². The summed E-state index contributed by atoms with van der Waals surface area (Å²) in [5, 5.41) is 4.01. The molecular weight excluding hydrogens is 402 g/mol. The lowest BCUT2D eigenvalue weighted by Gasteiger charge is -2.32. The third kappa shape index (κ3) is 1.66. The van der Waals surface area contributed by atoms with Crippen molar-refractivity contribution >= 4 is 59.2 Å². The fourth-order valence-corrected chi connectivity index (χ4v) is 6.24. The minimum atomic E-state index is 0.000137. The molecule has 3 heteroatoms. The van der Waals surface area contributed by atoms with Crippen LogP contribution in [0.3, 0.4) is 0 Å². The van der Waals surface area contributed by atoms with Crippen molar-refractivity contribution in [2.75, 3.05) is 0 Å². The zero-order valence-corrected chi connectivity index (χ0v) is 16.9. The third-order valence-electron chi connectivity index (χ3n) is 5.78. The Morgan fingerprint density at radius 2 is 1.69 bits per heavy atom. The molecule has 0 bridgehead atoms. The zero-order chi connectivity index (χ0) is 17.6. The molecule has 3 heterocycles. The highest BCUT2D eigenvalue weighted by atomic mass is 79.9. The lowest BCUT2D eigenvalue weighted by atomic mass is 9.79. The summed E-state index contributed by atoms with van der Waals surface area (Å²) in [5.41, 5.74) is 5.44. The smallest absolute Gasteiger partial charge is 0.0689 e. The van der Waals surface area contributed by atoms with Crippen molar-refractivity contribution < 1.29 is 0 Å². The molecule has 0 aliphatic carbocycles. The summed E-state index contributed by atoms with van der Waals surface area (Å²) in [6.45, 7) is 4.74. The monoisotopic (exact) mass is 417 g/mol.